The molecule has 0 radical (unpaired) electrons. The second kappa shape index (κ2) is 12.7. The van der Waals surface area contributed by atoms with Crippen LogP contribution >= 0.6 is 23.5 Å². The third-order valence-corrected chi connectivity index (χ3v) is 8.29. The van der Waals surface area contributed by atoms with Gasteiger partial charge in [0.05, 0.1) is 0 Å². The van der Waals surface area contributed by atoms with Gasteiger partial charge >= 0.3 is 18.1 Å². The zero-order chi connectivity index (χ0) is 30.6. The first-order valence-electron chi connectivity index (χ1n) is 12.5. The molecule has 4 rings (SSSR count). The highest BCUT2D eigenvalue weighted by molar-refractivity contribution is 8.01. The number of fused-ring (bicyclic) bond motifs is 1. The second-order valence-corrected chi connectivity index (χ2v) is 12.1. The number of hydrazine groups is 1. The summed E-state index contributed by atoms with van der Waals surface area (Å²) < 4.78 is 6.52. The summed E-state index contributed by atoms with van der Waals surface area (Å²) in [5.74, 6) is -2.00. The number of carbonyl (C=O) groups excluding carboxylic acids is 4. The fraction of sp³-hybridized carbons (Fsp3) is 0.417. The summed E-state index contributed by atoms with van der Waals surface area (Å²) in [7, 11) is 1.66. The van der Waals surface area contributed by atoms with Crippen molar-refractivity contribution in [2.75, 3.05) is 11.5 Å². The Morgan fingerprint density at radius 1 is 1.19 bits per heavy atom. The zero-order valence-corrected chi connectivity index (χ0v) is 24.6. The molecule has 1 fully saturated rings. The van der Waals surface area contributed by atoms with Gasteiger partial charge in [0.1, 0.15) is 28.8 Å². The van der Waals surface area contributed by atoms with Crippen LogP contribution in [0.3, 0.4) is 0 Å². The van der Waals surface area contributed by atoms with Gasteiger partial charge in [-0.25, -0.2) is 29.9 Å². The van der Waals surface area contributed by atoms with Crippen molar-refractivity contribution in [1.29, 1.82) is 0 Å². The lowest BCUT2D eigenvalue weighted by Gasteiger charge is -2.49. The minimum absolute atomic E-state index is 0.137. The predicted molar refractivity (Wildman–Crippen MR) is 149 cm³/mol. The van der Waals surface area contributed by atoms with Crippen LogP contribution in [0, 0.1) is 0 Å². The van der Waals surface area contributed by atoms with E-state index < -0.39 is 53.0 Å². The number of urea groups is 1. The number of carbonyl (C=O) groups is 5. The summed E-state index contributed by atoms with van der Waals surface area (Å²) in [6.07, 6.45) is -0.902. The first-order chi connectivity index (χ1) is 19.9. The van der Waals surface area contributed by atoms with Crippen LogP contribution in [0.4, 0.5) is 9.59 Å². The number of aliphatic carboxylic acids is 1. The number of aryl methyl sites for hydroxylation is 1. The van der Waals surface area contributed by atoms with E-state index in [4.69, 9.17) is 4.74 Å². The van der Waals surface area contributed by atoms with Gasteiger partial charge in [0.25, 0.3) is 5.91 Å². The number of β-lactam (4-membered cyclic amide) rings is 1. The number of amides is 5. The van der Waals surface area contributed by atoms with Crippen LogP contribution in [0.25, 0.3) is 0 Å². The number of benzene rings is 1. The van der Waals surface area contributed by atoms with Crippen LogP contribution in [0.1, 0.15) is 32.4 Å². The Labute approximate surface area is 248 Å². The normalized spacial score (nSPS) is 18.8. The maximum atomic E-state index is 13.4. The van der Waals surface area contributed by atoms with Gasteiger partial charge in [-0.3, -0.25) is 14.5 Å². The lowest BCUT2D eigenvalue weighted by molar-refractivity contribution is -0.151. The number of thioether (sulfide) groups is 2. The van der Waals surface area contributed by atoms with E-state index >= 15 is 0 Å². The van der Waals surface area contributed by atoms with Crippen LogP contribution in [-0.4, -0.2) is 88.6 Å². The van der Waals surface area contributed by atoms with Crippen LogP contribution < -0.4 is 21.5 Å². The molecular formula is C24H29N9O7S2. The average molecular weight is 620 g/mol. The summed E-state index contributed by atoms with van der Waals surface area (Å²) in [5.41, 5.74) is 4.21. The second-order valence-electron chi connectivity index (χ2n) is 10.1. The van der Waals surface area contributed by atoms with Crippen molar-refractivity contribution in [2.24, 2.45) is 7.05 Å². The number of aromatic nitrogens is 4. The number of rotatable bonds is 8. The molecule has 5 N–H and O–H groups in total. The number of tetrazole rings is 1. The number of carboxylic acids is 1. The molecule has 1 aromatic carbocycles. The van der Waals surface area contributed by atoms with Gasteiger partial charge in [-0.2, -0.15) is 0 Å². The van der Waals surface area contributed by atoms with Gasteiger partial charge in [-0.15, -0.1) is 16.9 Å². The molecule has 42 heavy (non-hydrogen) atoms. The molecule has 1 saturated heterocycles. The minimum Gasteiger partial charge on any atom is -0.477 e. The lowest BCUT2D eigenvalue weighted by Crippen LogP contribution is -2.71. The van der Waals surface area contributed by atoms with Gasteiger partial charge in [0.2, 0.25) is 11.1 Å². The maximum absolute atomic E-state index is 13.4. The number of nitrogens with zero attached hydrogens (tertiary/aromatic N) is 5. The largest absolute Gasteiger partial charge is 0.477 e. The SMILES string of the molecule is Cn1nnnc1SCC1=C(C(=O)O)N2C(=O)C(NC(=O)C(NC(=O)NNC(=O)OC(C)(C)C)c3ccccc3)C2SC1. The number of nitrogens with one attached hydrogen (secondary N) is 4. The Morgan fingerprint density at radius 2 is 1.90 bits per heavy atom. The molecule has 3 heterocycles. The monoisotopic (exact) mass is 619 g/mol. The Balaban J connectivity index is 1.43. The highest BCUT2D eigenvalue weighted by atomic mass is 32.2. The minimum atomic E-state index is -1.26. The highest BCUT2D eigenvalue weighted by Crippen LogP contribution is 2.41. The van der Waals surface area contributed by atoms with E-state index in [2.05, 4.69) is 37.0 Å². The van der Waals surface area contributed by atoms with Crippen molar-refractivity contribution in [1.82, 2.24) is 46.6 Å². The summed E-state index contributed by atoms with van der Waals surface area (Å²) in [4.78, 5) is 64.3. The molecule has 224 valence electrons. The summed E-state index contributed by atoms with van der Waals surface area (Å²) in [6, 6.07) is 5.11. The third-order valence-electron chi connectivity index (χ3n) is 5.85. The van der Waals surface area contributed by atoms with E-state index in [-0.39, 0.29) is 11.4 Å². The van der Waals surface area contributed by atoms with Gasteiger partial charge in [0, 0.05) is 18.6 Å². The van der Waals surface area contributed by atoms with Crippen LogP contribution in [0.2, 0.25) is 0 Å². The summed E-state index contributed by atoms with van der Waals surface area (Å²) in [6.45, 7) is 4.97. The van der Waals surface area contributed by atoms with Gasteiger partial charge in [-0.05, 0) is 42.3 Å². The van der Waals surface area contributed by atoms with E-state index in [9.17, 15) is 29.1 Å². The summed E-state index contributed by atoms with van der Waals surface area (Å²) in [5, 5.41) is 26.0. The van der Waals surface area contributed by atoms with Crippen molar-refractivity contribution < 1.29 is 33.8 Å². The van der Waals surface area contributed by atoms with Crippen molar-refractivity contribution in [3.63, 3.8) is 0 Å². The Kier molecular flexibility index (Phi) is 9.25. The highest BCUT2D eigenvalue weighted by Gasteiger charge is 2.54. The molecule has 2 aliphatic heterocycles. The number of ether oxygens (including phenoxy) is 1. The standard InChI is InChI=1S/C24H29N9O7S2/c1-24(2,3)40-23(39)29-27-21(38)26-14(12-8-6-5-7-9-12)17(34)25-15-18(35)33-16(20(36)37)13(10-41-19(15)33)11-42-22-28-30-31-32(22)4/h5-9,14-15,19H,10-11H2,1-4H3,(H,25,34)(H,29,39)(H,36,37)(H2,26,27,38). The first-order valence-corrected chi connectivity index (χ1v) is 14.5. The van der Waals surface area contributed by atoms with E-state index in [1.54, 1.807) is 58.2 Å². The molecule has 16 nitrogen and oxygen atoms in total. The molecule has 2 aliphatic rings. The van der Waals surface area contributed by atoms with Crippen molar-refractivity contribution in [2.45, 2.75) is 49.0 Å². The lowest BCUT2D eigenvalue weighted by atomic mass is 10.0. The van der Waals surface area contributed by atoms with Crippen molar-refractivity contribution in [3.05, 3.63) is 47.2 Å². The molecule has 1 aromatic heterocycles. The average Bonchev–Trinajstić information content (AvgIpc) is 3.35. The van der Waals surface area contributed by atoms with Crippen LogP contribution in [0.15, 0.2) is 46.8 Å². The van der Waals surface area contributed by atoms with E-state index in [0.29, 0.717) is 22.0 Å². The number of carboxylic acid groups (broad SMARTS) is 1. The first kappa shape index (κ1) is 30.6. The van der Waals surface area contributed by atoms with Gasteiger partial charge in [-0.1, -0.05) is 42.1 Å². The molecular weight excluding hydrogens is 590 g/mol. The van der Waals surface area contributed by atoms with Crippen molar-refractivity contribution in [3.8, 4) is 0 Å². The Morgan fingerprint density at radius 3 is 2.52 bits per heavy atom. The fourth-order valence-corrected chi connectivity index (χ4v) is 6.39. The molecule has 3 atom stereocenters. The Hall–Kier alpha value is -4.32. The fourth-order valence-electron chi connectivity index (χ4n) is 4.05. The molecule has 5 amide bonds. The van der Waals surface area contributed by atoms with Crippen LogP contribution in [-0.2, 0) is 26.2 Å². The predicted octanol–water partition coefficient (Wildman–Crippen LogP) is 0.521. The van der Waals surface area contributed by atoms with Crippen molar-refractivity contribution >= 4 is 53.4 Å². The molecule has 0 bridgehead atoms. The molecule has 0 aliphatic carbocycles. The van der Waals surface area contributed by atoms with E-state index in [1.165, 1.54) is 28.2 Å². The van der Waals surface area contributed by atoms with Gasteiger partial charge < -0.3 is 20.5 Å². The van der Waals surface area contributed by atoms with E-state index in [0.717, 1.165) is 4.90 Å². The zero-order valence-electron chi connectivity index (χ0n) is 23.0. The number of hydrogen-bond acceptors (Lipinski definition) is 11. The van der Waals surface area contributed by atoms with Crippen LogP contribution in [0.5, 0.6) is 0 Å². The molecule has 18 heteroatoms. The molecule has 2 aromatic rings. The van der Waals surface area contributed by atoms with Gasteiger partial charge in [0.15, 0.2) is 0 Å². The smallest absolute Gasteiger partial charge is 0.426 e. The number of hydrogen-bond donors (Lipinski definition) is 5. The third kappa shape index (κ3) is 7.11. The maximum Gasteiger partial charge on any atom is 0.426 e. The molecule has 0 saturated carbocycles. The topological polar surface area (TPSA) is 210 Å². The molecule has 3 unspecified atom stereocenters. The summed E-state index contributed by atoms with van der Waals surface area (Å²) >= 11 is 2.55. The van der Waals surface area contributed by atoms with E-state index in [1.807, 2.05) is 0 Å². The quantitative estimate of drug-likeness (QED) is 0.156. The Bertz CT molecular complexity index is 1410. The molecule has 0 spiro atoms.